The summed E-state index contributed by atoms with van der Waals surface area (Å²) in [6.07, 6.45) is 0.504. The van der Waals surface area contributed by atoms with Crippen LogP contribution in [0.2, 0.25) is 0 Å². The molecule has 13 heavy (non-hydrogen) atoms. The third-order valence-electron chi connectivity index (χ3n) is 1.65. The first-order chi connectivity index (χ1) is 6.25. The molecule has 0 aromatic rings. The third-order valence-corrected chi connectivity index (χ3v) is 2.71. The van der Waals surface area contributed by atoms with E-state index in [1.807, 2.05) is 13.8 Å². The minimum atomic E-state index is -0.501. The molecule has 3 nitrogen and oxygen atoms in total. The Morgan fingerprint density at radius 1 is 1.54 bits per heavy atom. The number of hydrogen-bond donors (Lipinski definition) is 0. The van der Waals surface area contributed by atoms with Gasteiger partial charge >= 0.3 is 5.97 Å². The van der Waals surface area contributed by atoms with Crippen LogP contribution in [0.4, 0.5) is 0 Å². The van der Waals surface area contributed by atoms with Gasteiger partial charge in [-0.1, -0.05) is 13.8 Å². The number of rotatable bonds is 1. The minimum absolute atomic E-state index is 0.0237. The van der Waals surface area contributed by atoms with Crippen LogP contribution in [0.15, 0.2) is 0 Å². The van der Waals surface area contributed by atoms with Crippen molar-refractivity contribution >= 4 is 23.5 Å². The van der Waals surface area contributed by atoms with Crippen molar-refractivity contribution in [3.63, 3.8) is 0 Å². The van der Waals surface area contributed by atoms with Gasteiger partial charge in [0.15, 0.2) is 0 Å². The van der Waals surface area contributed by atoms with Gasteiger partial charge in [-0.3, -0.25) is 9.59 Å². The lowest BCUT2D eigenvalue weighted by atomic mass is 10.0. The van der Waals surface area contributed by atoms with Crippen molar-refractivity contribution < 1.29 is 14.3 Å². The smallest absolute Gasteiger partial charge is 0.317 e. The lowest BCUT2D eigenvalue weighted by Crippen LogP contribution is -2.30. The van der Waals surface area contributed by atoms with Crippen LogP contribution in [0.5, 0.6) is 0 Å². The fraction of sp³-hybridized carbons (Fsp3) is 0.778. The maximum atomic E-state index is 11.1. The second kappa shape index (κ2) is 6.95. The van der Waals surface area contributed by atoms with E-state index in [1.54, 1.807) is 11.8 Å². The average molecular weight is 204 g/mol. The minimum Gasteiger partial charge on any atom is -0.468 e. The van der Waals surface area contributed by atoms with Crippen LogP contribution in [0, 0.1) is 5.92 Å². The van der Waals surface area contributed by atoms with Gasteiger partial charge in [-0.2, -0.15) is 11.8 Å². The third kappa shape index (κ3) is 3.81. The number of methoxy groups -OCH3 is 1. The molecule has 0 amide bonds. The Morgan fingerprint density at radius 2 is 2.15 bits per heavy atom. The van der Waals surface area contributed by atoms with E-state index >= 15 is 0 Å². The Morgan fingerprint density at radius 3 is 2.62 bits per heavy atom. The molecule has 76 valence electrons. The summed E-state index contributed by atoms with van der Waals surface area (Å²) in [4.78, 5) is 22.0. The number of carbonyl (C=O) groups excluding carboxylic acids is 2. The molecule has 0 saturated carbocycles. The molecular formula is C9H16O3S. The molecule has 4 heteroatoms. The second-order valence-corrected chi connectivity index (χ2v) is 3.52. The zero-order valence-corrected chi connectivity index (χ0v) is 9.15. The average Bonchev–Trinajstić information content (AvgIpc) is 2.20. The first-order valence-corrected chi connectivity index (χ1v) is 5.59. The van der Waals surface area contributed by atoms with Crippen molar-refractivity contribution in [1.29, 1.82) is 0 Å². The Labute approximate surface area is 83.2 Å². The quantitative estimate of drug-likeness (QED) is 0.479. The molecule has 0 aromatic carbocycles. The lowest BCUT2D eigenvalue weighted by Gasteiger charge is -2.17. The van der Waals surface area contributed by atoms with Crippen molar-refractivity contribution in [2.24, 2.45) is 5.92 Å². The maximum absolute atomic E-state index is 11.1. The monoisotopic (exact) mass is 204 g/mol. The number of thioether (sulfide) groups is 1. The highest BCUT2D eigenvalue weighted by Crippen LogP contribution is 2.20. The summed E-state index contributed by atoms with van der Waals surface area (Å²) in [7, 11) is 1.31. The predicted octanol–water partition coefficient (Wildman–Crippen LogP) is 1.51. The molecule has 1 rings (SSSR count). The highest BCUT2D eigenvalue weighted by atomic mass is 32.2. The lowest BCUT2D eigenvalue weighted by molar-refractivity contribution is -0.148. The molecule has 0 radical (unpaired) electrons. The molecule has 1 saturated heterocycles. The first kappa shape index (κ1) is 12.5. The van der Waals surface area contributed by atoms with Crippen LogP contribution in [0.25, 0.3) is 0 Å². The summed E-state index contributed by atoms with van der Waals surface area (Å²) >= 11 is 1.63. The highest BCUT2D eigenvalue weighted by Gasteiger charge is 2.29. The Balaban J connectivity index is 0.000000671. The summed E-state index contributed by atoms with van der Waals surface area (Å²) < 4.78 is 4.49. The van der Waals surface area contributed by atoms with Crippen LogP contribution in [-0.2, 0) is 14.3 Å². The van der Waals surface area contributed by atoms with Crippen molar-refractivity contribution in [2.45, 2.75) is 20.3 Å². The van der Waals surface area contributed by atoms with Crippen molar-refractivity contribution in [1.82, 2.24) is 0 Å². The summed E-state index contributed by atoms with van der Waals surface area (Å²) in [5, 5.41) is 0. The molecule has 0 N–H and O–H groups in total. The van der Waals surface area contributed by atoms with E-state index in [4.69, 9.17) is 0 Å². The summed E-state index contributed by atoms with van der Waals surface area (Å²) in [6, 6.07) is 0. The van der Waals surface area contributed by atoms with Crippen molar-refractivity contribution in [3.05, 3.63) is 0 Å². The van der Waals surface area contributed by atoms with Gasteiger partial charge in [-0.05, 0) is 0 Å². The van der Waals surface area contributed by atoms with Gasteiger partial charge in [0, 0.05) is 17.9 Å². The van der Waals surface area contributed by atoms with Crippen LogP contribution in [0.3, 0.4) is 0 Å². The molecule has 0 aromatic heterocycles. The van der Waals surface area contributed by atoms with E-state index in [0.29, 0.717) is 12.2 Å². The molecule has 1 aliphatic rings. The fourth-order valence-corrected chi connectivity index (χ4v) is 2.05. The molecule has 1 aliphatic heterocycles. The highest BCUT2D eigenvalue weighted by molar-refractivity contribution is 7.99. The SMILES string of the molecule is CC.COC(=O)C1CSCCC1=O. The number of ketones is 1. The first-order valence-electron chi connectivity index (χ1n) is 4.44. The van der Waals surface area contributed by atoms with Gasteiger partial charge in [-0.25, -0.2) is 0 Å². The zero-order chi connectivity index (χ0) is 10.3. The molecule has 1 unspecified atom stereocenters. The van der Waals surface area contributed by atoms with Crippen LogP contribution in [0.1, 0.15) is 20.3 Å². The standard InChI is InChI=1S/C7H10O3S.C2H6/c1-10-7(9)5-4-11-3-2-6(5)8;1-2/h5H,2-4H2,1H3;1-2H3. The van der Waals surface area contributed by atoms with E-state index in [0.717, 1.165) is 5.75 Å². The van der Waals surface area contributed by atoms with E-state index in [1.165, 1.54) is 7.11 Å². The molecule has 1 atom stereocenters. The molecule has 1 heterocycles. The number of carbonyl (C=O) groups is 2. The Bertz CT molecular complexity index is 172. The van der Waals surface area contributed by atoms with Gasteiger partial charge in [0.05, 0.1) is 7.11 Å². The van der Waals surface area contributed by atoms with Gasteiger partial charge in [-0.15, -0.1) is 0 Å². The van der Waals surface area contributed by atoms with E-state index in [2.05, 4.69) is 4.74 Å². The van der Waals surface area contributed by atoms with Crippen LogP contribution in [-0.4, -0.2) is 30.4 Å². The number of esters is 1. The second-order valence-electron chi connectivity index (χ2n) is 2.37. The van der Waals surface area contributed by atoms with Crippen LogP contribution >= 0.6 is 11.8 Å². The predicted molar refractivity (Wildman–Crippen MR) is 53.8 cm³/mol. The number of Topliss-reactive ketones (excluding diaryl/α,β-unsaturated/α-hetero) is 1. The molecule has 0 bridgehead atoms. The fourth-order valence-electron chi connectivity index (χ4n) is 0.983. The summed E-state index contributed by atoms with van der Waals surface area (Å²) in [6.45, 7) is 4.00. The van der Waals surface area contributed by atoms with E-state index in [-0.39, 0.29) is 11.8 Å². The summed E-state index contributed by atoms with van der Waals surface area (Å²) in [5.41, 5.74) is 0. The number of hydrogen-bond acceptors (Lipinski definition) is 4. The van der Waals surface area contributed by atoms with Gasteiger partial charge in [0.2, 0.25) is 0 Å². The Hall–Kier alpha value is -0.510. The Kier molecular flexibility index (Phi) is 6.68. The normalized spacial score (nSPS) is 21.5. The molecule has 0 spiro atoms. The largest absolute Gasteiger partial charge is 0.468 e. The van der Waals surface area contributed by atoms with E-state index < -0.39 is 5.92 Å². The van der Waals surface area contributed by atoms with E-state index in [9.17, 15) is 9.59 Å². The van der Waals surface area contributed by atoms with Gasteiger partial charge < -0.3 is 4.74 Å². The molecular weight excluding hydrogens is 188 g/mol. The van der Waals surface area contributed by atoms with Gasteiger partial charge in [0.1, 0.15) is 11.7 Å². The van der Waals surface area contributed by atoms with Gasteiger partial charge in [0.25, 0.3) is 0 Å². The summed E-state index contributed by atoms with van der Waals surface area (Å²) in [5.74, 6) is 0.564. The topological polar surface area (TPSA) is 43.4 Å². The van der Waals surface area contributed by atoms with Crippen LogP contribution < -0.4 is 0 Å². The van der Waals surface area contributed by atoms with Crippen molar-refractivity contribution in [3.8, 4) is 0 Å². The zero-order valence-electron chi connectivity index (χ0n) is 8.33. The molecule has 0 aliphatic carbocycles. The number of ether oxygens (including phenoxy) is 1. The maximum Gasteiger partial charge on any atom is 0.317 e. The van der Waals surface area contributed by atoms with Crippen molar-refractivity contribution in [2.75, 3.05) is 18.6 Å². The molecule has 1 fully saturated rings.